The van der Waals surface area contributed by atoms with Gasteiger partial charge in [0.1, 0.15) is 0 Å². The number of hydrogen-bond acceptors (Lipinski definition) is 24. The number of hydrogen-bond donors (Lipinski definition) is 0. The van der Waals surface area contributed by atoms with Crippen LogP contribution in [-0.2, 0) is 106 Å². The molecule has 0 atom stereocenters. The molecule has 0 saturated heterocycles. The molecular weight excluding hydrogens is 1030 g/mol. The van der Waals surface area contributed by atoms with E-state index in [0.717, 1.165) is 5.69 Å². The molecule has 1 aliphatic carbocycles. The van der Waals surface area contributed by atoms with Crippen molar-refractivity contribution >= 4 is 0 Å². The average Bonchev–Trinajstić information content (AvgIpc) is 4.18. The molecule has 27 heteroatoms. The largest absolute Gasteiger partial charge is 0.379 e. The van der Waals surface area contributed by atoms with Gasteiger partial charge in [-0.15, -0.1) is 5.10 Å². The van der Waals surface area contributed by atoms with Crippen molar-refractivity contribution in [1.82, 2.24) is 15.0 Å². The number of aromatic nitrogens is 3. The van der Waals surface area contributed by atoms with Crippen molar-refractivity contribution in [1.29, 1.82) is 0 Å². The molecule has 1 aromatic heterocycles. The van der Waals surface area contributed by atoms with Gasteiger partial charge in [0.2, 0.25) is 0 Å². The Labute approximate surface area is 461 Å². The predicted molar refractivity (Wildman–Crippen MR) is 282 cm³/mol. The van der Waals surface area contributed by atoms with Crippen LogP contribution in [0.4, 0.5) is 0 Å². The van der Waals surface area contributed by atoms with E-state index in [0.29, 0.717) is 291 Å². The minimum absolute atomic E-state index is 0.219. The van der Waals surface area contributed by atoms with Gasteiger partial charge in [-0.05, 0) is 5.53 Å². The lowest BCUT2D eigenvalue weighted by Gasteiger charge is -2.09. The first-order chi connectivity index (χ1) is 38.9. The second-order valence-corrected chi connectivity index (χ2v) is 16.0. The highest BCUT2D eigenvalue weighted by Crippen LogP contribution is 2.20. The number of nitrogens with zero attached hydrogens (tertiary/aromatic N) is 6. The molecular formula is C51H94N6O21. The van der Waals surface area contributed by atoms with Crippen molar-refractivity contribution in [2.75, 3.05) is 284 Å². The second-order valence-electron chi connectivity index (χ2n) is 16.0. The fourth-order valence-electron chi connectivity index (χ4n) is 6.01. The second kappa shape index (κ2) is 61.7. The summed E-state index contributed by atoms with van der Waals surface area (Å²) in [4.78, 5) is 2.65. The summed E-state index contributed by atoms with van der Waals surface area (Å²) in [6.45, 7) is 21.4. The molecule has 0 aromatic carbocycles. The normalized spacial score (nSPS) is 12.5. The summed E-state index contributed by atoms with van der Waals surface area (Å²) < 4.78 is 117. The van der Waals surface area contributed by atoms with Crippen LogP contribution in [0.15, 0.2) is 35.6 Å². The van der Waals surface area contributed by atoms with Gasteiger partial charge in [-0.1, -0.05) is 34.6 Å². The molecule has 0 amide bonds. The molecule has 1 aromatic rings. The Balaban J connectivity index is 1.09. The molecule has 1 aliphatic rings. The van der Waals surface area contributed by atoms with Gasteiger partial charge in [0.05, 0.1) is 290 Å². The summed E-state index contributed by atoms with van der Waals surface area (Å²) in [5, 5.41) is 11.7. The van der Waals surface area contributed by atoms with Crippen molar-refractivity contribution in [2.24, 2.45) is 5.11 Å². The number of ether oxygens (including phenoxy) is 21. The maximum Gasteiger partial charge on any atom is 0.0933 e. The van der Waals surface area contributed by atoms with E-state index < -0.39 is 0 Å². The van der Waals surface area contributed by atoms with Crippen LogP contribution in [0, 0.1) is 0 Å². The van der Waals surface area contributed by atoms with Crippen LogP contribution in [-0.4, -0.2) is 299 Å². The van der Waals surface area contributed by atoms with E-state index in [1.54, 1.807) is 4.68 Å². The Bertz CT molecular complexity index is 1460. The first-order valence-electron chi connectivity index (χ1n) is 27.3. The Hall–Kier alpha value is -2.91. The number of azide groups is 1. The molecule has 0 bridgehead atoms. The maximum atomic E-state index is 8.17. The van der Waals surface area contributed by atoms with Crippen molar-refractivity contribution in [3.63, 3.8) is 0 Å². The summed E-state index contributed by atoms with van der Waals surface area (Å²) in [7, 11) is 0. The lowest BCUT2D eigenvalue weighted by molar-refractivity contribution is -0.0316. The summed E-state index contributed by atoms with van der Waals surface area (Å²) in [5.41, 5.74) is 9.11. The summed E-state index contributed by atoms with van der Waals surface area (Å²) in [6.07, 6.45) is 10.2. The van der Waals surface area contributed by atoms with Crippen molar-refractivity contribution < 1.29 is 99.5 Å². The van der Waals surface area contributed by atoms with E-state index in [1.165, 1.54) is 0 Å². The van der Waals surface area contributed by atoms with Gasteiger partial charge >= 0.3 is 0 Å². The molecule has 78 heavy (non-hydrogen) atoms. The topological polar surface area (TPSA) is 273 Å². The Morgan fingerprint density at radius 1 is 0.321 bits per heavy atom. The highest BCUT2D eigenvalue weighted by atomic mass is 16.6. The molecule has 454 valence electrons. The first-order valence-corrected chi connectivity index (χ1v) is 27.3. The highest BCUT2D eigenvalue weighted by molar-refractivity contribution is 5.28. The average molecular weight is 1130 g/mol. The molecule has 2 rings (SSSR count). The van der Waals surface area contributed by atoms with Crippen LogP contribution in [0.25, 0.3) is 10.4 Å². The van der Waals surface area contributed by atoms with Crippen LogP contribution in [0.3, 0.4) is 0 Å². The van der Waals surface area contributed by atoms with Gasteiger partial charge in [0, 0.05) is 23.6 Å². The third-order valence-corrected chi connectivity index (χ3v) is 9.95. The quantitative estimate of drug-likeness (QED) is 0.0391. The monoisotopic (exact) mass is 1130 g/mol. The third-order valence-electron chi connectivity index (χ3n) is 9.95. The predicted octanol–water partition coefficient (Wildman–Crippen LogP) is 2.15. The van der Waals surface area contributed by atoms with E-state index in [9.17, 15) is 0 Å². The molecule has 0 aliphatic heterocycles. The van der Waals surface area contributed by atoms with E-state index >= 15 is 0 Å². The molecule has 0 fully saturated rings. The smallest absolute Gasteiger partial charge is 0.0933 e. The number of rotatable bonds is 67. The molecule has 1 heterocycles. The van der Waals surface area contributed by atoms with E-state index in [1.807, 2.05) is 18.3 Å². The fourth-order valence-corrected chi connectivity index (χ4v) is 6.01. The van der Waals surface area contributed by atoms with Gasteiger partial charge in [0.25, 0.3) is 0 Å². The SMILES string of the molecule is [N-]=[N+]=NCCOCCOCCOCCOCCOCCOCCOCCOCCOCCOCCOCCOCCOCCOCCOCCOCCOCCOCCOCCOCCOCCn1cc(C2C=CC=C2)nn1. The Kier molecular flexibility index (Phi) is 56.3. The Morgan fingerprint density at radius 3 is 0.744 bits per heavy atom. The van der Waals surface area contributed by atoms with Gasteiger partial charge in [-0.3, -0.25) is 0 Å². The van der Waals surface area contributed by atoms with Crippen LogP contribution >= 0.6 is 0 Å². The van der Waals surface area contributed by atoms with Gasteiger partial charge < -0.3 is 99.5 Å². The zero-order valence-corrected chi connectivity index (χ0v) is 46.3. The summed E-state index contributed by atoms with van der Waals surface area (Å²) in [6, 6.07) is 0. The van der Waals surface area contributed by atoms with Crippen molar-refractivity contribution in [3.05, 3.63) is 46.6 Å². The fraction of sp³-hybridized carbons (Fsp3) is 0.882. The summed E-state index contributed by atoms with van der Waals surface area (Å²) >= 11 is 0. The van der Waals surface area contributed by atoms with Crippen LogP contribution in [0.1, 0.15) is 11.6 Å². The van der Waals surface area contributed by atoms with Gasteiger partial charge in [0.15, 0.2) is 0 Å². The van der Waals surface area contributed by atoms with Gasteiger partial charge in [-0.2, -0.15) is 0 Å². The van der Waals surface area contributed by atoms with Crippen molar-refractivity contribution in [3.8, 4) is 0 Å². The van der Waals surface area contributed by atoms with E-state index in [4.69, 9.17) is 105 Å². The molecule has 0 saturated carbocycles. The maximum absolute atomic E-state index is 8.17. The lowest BCUT2D eigenvalue weighted by atomic mass is 10.1. The van der Waals surface area contributed by atoms with E-state index in [2.05, 4.69) is 32.5 Å². The first kappa shape index (κ1) is 71.2. The minimum atomic E-state index is 0.219. The molecule has 27 nitrogen and oxygen atoms in total. The number of allylic oxidation sites excluding steroid dienone is 4. The van der Waals surface area contributed by atoms with Crippen LogP contribution in [0.5, 0.6) is 0 Å². The minimum Gasteiger partial charge on any atom is -0.379 e. The Morgan fingerprint density at radius 2 is 0.526 bits per heavy atom. The van der Waals surface area contributed by atoms with Crippen LogP contribution < -0.4 is 0 Å². The summed E-state index contributed by atoms with van der Waals surface area (Å²) in [5.74, 6) is 0.219. The molecule has 0 N–H and O–H groups in total. The van der Waals surface area contributed by atoms with E-state index in [-0.39, 0.29) is 5.92 Å². The molecule has 0 unspecified atom stereocenters. The molecule has 0 radical (unpaired) electrons. The van der Waals surface area contributed by atoms with Gasteiger partial charge in [-0.25, -0.2) is 4.68 Å². The highest BCUT2D eigenvalue weighted by Gasteiger charge is 2.11. The zero-order valence-electron chi connectivity index (χ0n) is 46.3. The van der Waals surface area contributed by atoms with Crippen LogP contribution in [0.2, 0.25) is 0 Å². The van der Waals surface area contributed by atoms with Crippen molar-refractivity contribution in [2.45, 2.75) is 12.5 Å². The molecule has 0 spiro atoms. The third kappa shape index (κ3) is 52.5. The standard InChI is InChI=1S/C51H94N6O21/c52-55-53-5-7-58-9-11-60-13-15-62-17-19-64-21-23-66-25-27-68-29-31-70-33-35-72-37-39-74-41-43-76-45-47-78-48-46-77-44-42-75-40-38-73-36-34-71-32-30-69-28-26-67-24-22-65-20-18-63-16-14-61-12-10-59-8-6-57-49-51(54-56-57)50-3-1-2-4-50/h1-4,49-50H,5-48H2. The lowest BCUT2D eigenvalue weighted by Crippen LogP contribution is -2.16. The zero-order chi connectivity index (χ0) is 55.1.